The van der Waals surface area contributed by atoms with E-state index < -0.39 is 16.4 Å². The number of phenols is 1. The minimum atomic E-state index is -0.680. The monoisotopic (exact) mass is 312 g/mol. The average Bonchev–Trinajstić information content (AvgIpc) is 2.32. The molecule has 0 saturated heterocycles. The fourth-order valence-electron chi connectivity index (χ4n) is 1.13. The van der Waals surface area contributed by atoms with Crippen LogP contribution in [0, 0.1) is 21.4 Å². The maximum absolute atomic E-state index is 10.7. The number of halogens is 1. The van der Waals surface area contributed by atoms with E-state index in [1.165, 1.54) is 18.3 Å². The van der Waals surface area contributed by atoms with Crippen molar-refractivity contribution in [1.29, 1.82) is 5.26 Å². The maximum Gasteiger partial charge on any atom is 0.312 e. The lowest BCUT2D eigenvalue weighted by atomic mass is 10.2. The number of nitrogens with zero attached hydrogens (tertiary/aromatic N) is 3. The summed E-state index contributed by atoms with van der Waals surface area (Å²) >= 11 is 3.11. The zero-order chi connectivity index (χ0) is 13.5. The molecule has 8 heteroatoms. The van der Waals surface area contributed by atoms with Crippen molar-refractivity contribution in [1.82, 2.24) is 5.43 Å². The van der Waals surface area contributed by atoms with E-state index in [-0.39, 0.29) is 5.56 Å². The summed E-state index contributed by atoms with van der Waals surface area (Å²) in [5, 5.41) is 32.4. The highest BCUT2D eigenvalue weighted by Gasteiger charge is 2.17. The van der Waals surface area contributed by atoms with Crippen LogP contribution in [0.1, 0.15) is 12.0 Å². The number of nitrogens with one attached hydrogen (secondary N) is 1. The van der Waals surface area contributed by atoms with Gasteiger partial charge in [0.25, 0.3) is 0 Å². The number of rotatable bonds is 5. The van der Waals surface area contributed by atoms with Crippen molar-refractivity contribution >= 4 is 27.8 Å². The summed E-state index contributed by atoms with van der Waals surface area (Å²) in [6.07, 6.45) is 1.55. The Labute approximate surface area is 111 Å². The smallest absolute Gasteiger partial charge is 0.312 e. The Morgan fingerprint density at radius 2 is 2.39 bits per heavy atom. The lowest BCUT2D eigenvalue weighted by Crippen LogP contribution is -2.06. The predicted molar refractivity (Wildman–Crippen MR) is 68.3 cm³/mol. The van der Waals surface area contributed by atoms with Crippen LogP contribution in [0.25, 0.3) is 0 Å². The van der Waals surface area contributed by atoms with E-state index in [2.05, 4.69) is 26.5 Å². The summed E-state index contributed by atoms with van der Waals surface area (Å²) in [5.41, 5.74) is 2.39. The Hall–Kier alpha value is -2.14. The second-order valence-electron chi connectivity index (χ2n) is 3.19. The van der Waals surface area contributed by atoms with E-state index >= 15 is 0 Å². The van der Waals surface area contributed by atoms with Gasteiger partial charge in [0.1, 0.15) is 0 Å². The molecule has 0 spiro atoms. The molecule has 0 aliphatic rings. The third-order valence-corrected chi connectivity index (χ3v) is 2.38. The van der Waals surface area contributed by atoms with Gasteiger partial charge in [-0.05, 0) is 6.07 Å². The average molecular weight is 313 g/mol. The molecule has 7 nitrogen and oxygen atoms in total. The molecule has 0 atom stereocenters. The van der Waals surface area contributed by atoms with Crippen LogP contribution in [0.15, 0.2) is 21.7 Å². The molecule has 94 valence electrons. The van der Waals surface area contributed by atoms with Crippen molar-refractivity contribution in [2.45, 2.75) is 6.42 Å². The van der Waals surface area contributed by atoms with Gasteiger partial charge in [0.2, 0.25) is 5.75 Å². The van der Waals surface area contributed by atoms with Gasteiger partial charge in [-0.15, -0.1) is 0 Å². The SMILES string of the molecule is N#CCCN/N=C/c1cc(Br)cc([N+](=O)[O-])c1O. The largest absolute Gasteiger partial charge is 0.502 e. The highest BCUT2D eigenvalue weighted by atomic mass is 79.9. The van der Waals surface area contributed by atoms with Crippen LogP contribution in [0.5, 0.6) is 5.75 Å². The Bertz CT molecular complexity index is 525. The minimum Gasteiger partial charge on any atom is -0.502 e. The van der Waals surface area contributed by atoms with Crippen LogP contribution in [0.4, 0.5) is 5.69 Å². The Balaban J connectivity index is 2.89. The fraction of sp³-hybridized carbons (Fsp3) is 0.200. The zero-order valence-electron chi connectivity index (χ0n) is 9.13. The van der Waals surface area contributed by atoms with Gasteiger partial charge in [-0.25, -0.2) is 0 Å². The van der Waals surface area contributed by atoms with E-state index in [0.717, 1.165) is 0 Å². The second-order valence-corrected chi connectivity index (χ2v) is 4.11. The lowest BCUT2D eigenvalue weighted by Gasteiger charge is -2.01. The first-order chi connectivity index (χ1) is 8.56. The van der Waals surface area contributed by atoms with Crippen molar-refractivity contribution < 1.29 is 10.0 Å². The summed E-state index contributed by atoms with van der Waals surface area (Å²) < 4.78 is 0.463. The molecule has 0 heterocycles. The summed E-state index contributed by atoms with van der Waals surface area (Å²) in [6.45, 7) is 0.365. The minimum absolute atomic E-state index is 0.209. The highest BCUT2D eigenvalue weighted by molar-refractivity contribution is 9.10. The molecule has 0 unspecified atom stereocenters. The van der Waals surface area contributed by atoms with Gasteiger partial charge in [0.15, 0.2) is 0 Å². The molecule has 0 saturated carbocycles. The summed E-state index contributed by atoms with van der Waals surface area (Å²) in [7, 11) is 0. The van der Waals surface area contributed by atoms with Crippen LogP contribution >= 0.6 is 15.9 Å². The number of nitriles is 1. The number of aromatic hydroxyl groups is 1. The van der Waals surface area contributed by atoms with E-state index in [0.29, 0.717) is 17.4 Å². The number of phenolic OH excluding ortho intramolecular Hbond substituents is 1. The van der Waals surface area contributed by atoms with Gasteiger partial charge >= 0.3 is 5.69 Å². The van der Waals surface area contributed by atoms with E-state index in [1.54, 1.807) is 0 Å². The van der Waals surface area contributed by atoms with Gasteiger partial charge in [0, 0.05) is 22.6 Å². The van der Waals surface area contributed by atoms with Gasteiger partial charge in [-0.2, -0.15) is 10.4 Å². The first-order valence-corrected chi connectivity index (χ1v) is 5.65. The van der Waals surface area contributed by atoms with Crippen LogP contribution in [0.3, 0.4) is 0 Å². The zero-order valence-corrected chi connectivity index (χ0v) is 10.7. The fourth-order valence-corrected chi connectivity index (χ4v) is 1.60. The molecule has 0 fully saturated rings. The standard InChI is InChI=1S/C10H9BrN4O3/c11-8-4-7(6-14-13-3-1-2-12)10(16)9(5-8)15(17)18/h4-6,13,16H,1,3H2/b14-6+. The maximum atomic E-state index is 10.7. The molecular formula is C10H9BrN4O3. The van der Waals surface area contributed by atoms with Crippen LogP contribution < -0.4 is 5.43 Å². The number of hydrogen-bond acceptors (Lipinski definition) is 6. The summed E-state index contributed by atoms with van der Waals surface area (Å²) in [6, 6.07) is 4.63. The molecule has 0 radical (unpaired) electrons. The van der Waals surface area contributed by atoms with Crippen molar-refractivity contribution in [2.75, 3.05) is 6.54 Å². The summed E-state index contributed by atoms with van der Waals surface area (Å²) in [5.74, 6) is -0.450. The normalized spacial score (nSPS) is 10.2. The summed E-state index contributed by atoms with van der Waals surface area (Å²) in [4.78, 5) is 9.99. The Morgan fingerprint density at radius 3 is 3.00 bits per heavy atom. The van der Waals surface area contributed by atoms with E-state index in [4.69, 9.17) is 5.26 Å². The third-order valence-electron chi connectivity index (χ3n) is 1.92. The topological polar surface area (TPSA) is 112 Å². The Morgan fingerprint density at radius 1 is 1.67 bits per heavy atom. The molecule has 1 aromatic rings. The number of hydrazone groups is 1. The molecular weight excluding hydrogens is 304 g/mol. The number of nitro benzene ring substituents is 1. The second kappa shape index (κ2) is 6.56. The highest BCUT2D eigenvalue weighted by Crippen LogP contribution is 2.32. The van der Waals surface area contributed by atoms with Crippen LogP contribution in [-0.4, -0.2) is 22.8 Å². The predicted octanol–water partition coefficient (Wildman–Crippen LogP) is 1.90. The molecule has 18 heavy (non-hydrogen) atoms. The molecule has 0 aliphatic heterocycles. The lowest BCUT2D eigenvalue weighted by molar-refractivity contribution is -0.385. The van der Waals surface area contributed by atoms with Gasteiger partial charge < -0.3 is 10.5 Å². The molecule has 0 aromatic heterocycles. The molecule has 0 amide bonds. The van der Waals surface area contributed by atoms with Crippen molar-refractivity contribution in [3.63, 3.8) is 0 Å². The van der Waals surface area contributed by atoms with Gasteiger partial charge in [0.05, 0.1) is 23.6 Å². The molecule has 1 rings (SSSR count). The van der Waals surface area contributed by atoms with E-state index in [1.807, 2.05) is 6.07 Å². The first kappa shape index (κ1) is 13.9. The van der Waals surface area contributed by atoms with Crippen LogP contribution in [-0.2, 0) is 0 Å². The van der Waals surface area contributed by atoms with Gasteiger partial charge in [-0.1, -0.05) is 15.9 Å². The quantitative estimate of drug-likeness (QED) is 0.373. The van der Waals surface area contributed by atoms with Crippen molar-refractivity contribution in [3.05, 3.63) is 32.3 Å². The first-order valence-electron chi connectivity index (χ1n) is 4.86. The number of nitro groups is 1. The number of benzene rings is 1. The molecule has 0 bridgehead atoms. The van der Waals surface area contributed by atoms with Gasteiger partial charge in [-0.3, -0.25) is 10.1 Å². The number of hydrogen-bond donors (Lipinski definition) is 2. The van der Waals surface area contributed by atoms with E-state index in [9.17, 15) is 15.2 Å². The molecule has 1 aromatic carbocycles. The molecule has 2 N–H and O–H groups in total. The van der Waals surface area contributed by atoms with Crippen LogP contribution in [0.2, 0.25) is 0 Å². The van der Waals surface area contributed by atoms with Crippen molar-refractivity contribution in [2.24, 2.45) is 5.10 Å². The Kier molecular flexibility index (Phi) is 5.07. The van der Waals surface area contributed by atoms with Crippen molar-refractivity contribution in [3.8, 4) is 11.8 Å². The third kappa shape index (κ3) is 3.71. The molecule has 0 aliphatic carbocycles.